The number of hydrogen-bond donors (Lipinski definition) is 0. The van der Waals surface area contributed by atoms with Crippen LogP contribution in [0.4, 0.5) is 0 Å². The number of carbonyl (C=O) groups is 1. The zero-order valence-corrected chi connectivity index (χ0v) is 10.5. The molecule has 0 aromatic rings. The molecule has 0 aliphatic carbocycles. The molecule has 0 amide bonds. The van der Waals surface area contributed by atoms with Crippen LogP contribution in [0.1, 0.15) is 34.1 Å². The Labute approximate surface area is 93.1 Å². The molecule has 0 aromatic carbocycles. The van der Waals surface area contributed by atoms with E-state index in [1.54, 1.807) is 0 Å². The number of nitrogens with zero attached hydrogens (tertiary/aromatic N) is 1. The van der Waals surface area contributed by atoms with Crippen LogP contribution in [0.3, 0.4) is 0 Å². The van der Waals surface area contributed by atoms with Crippen LogP contribution in [0, 0.1) is 0 Å². The van der Waals surface area contributed by atoms with Crippen LogP contribution in [0.25, 0.3) is 0 Å². The van der Waals surface area contributed by atoms with Gasteiger partial charge in [-0.3, -0.25) is 0 Å². The summed E-state index contributed by atoms with van der Waals surface area (Å²) in [6.45, 7) is 9.65. The molecule has 0 bridgehead atoms. The SMILES string of the molecule is CCN(C)C/C=C/C(=O)OC(C)(C)CC. The van der Waals surface area contributed by atoms with E-state index in [9.17, 15) is 4.79 Å². The summed E-state index contributed by atoms with van der Waals surface area (Å²) < 4.78 is 5.26. The number of carbonyl (C=O) groups excluding carboxylic acids is 1. The standard InChI is InChI=1S/C12H23NO2/c1-6-12(3,4)15-11(14)9-8-10-13(5)7-2/h8-9H,6-7,10H2,1-5H3/b9-8+. The molecule has 0 rings (SSSR count). The monoisotopic (exact) mass is 213 g/mol. The van der Waals surface area contributed by atoms with Crippen LogP contribution < -0.4 is 0 Å². The van der Waals surface area contributed by atoms with E-state index in [0.717, 1.165) is 19.5 Å². The van der Waals surface area contributed by atoms with Crippen molar-refractivity contribution in [2.45, 2.75) is 39.7 Å². The number of esters is 1. The van der Waals surface area contributed by atoms with E-state index in [0.29, 0.717) is 0 Å². The van der Waals surface area contributed by atoms with Gasteiger partial charge in [0.2, 0.25) is 0 Å². The average molecular weight is 213 g/mol. The van der Waals surface area contributed by atoms with Crippen molar-refractivity contribution in [2.75, 3.05) is 20.1 Å². The summed E-state index contributed by atoms with van der Waals surface area (Å²) in [6, 6.07) is 0. The topological polar surface area (TPSA) is 29.5 Å². The molecule has 0 heterocycles. The first-order chi connectivity index (χ1) is 6.91. The first-order valence-electron chi connectivity index (χ1n) is 5.49. The Hall–Kier alpha value is -0.830. The fraction of sp³-hybridized carbons (Fsp3) is 0.750. The van der Waals surface area contributed by atoms with Gasteiger partial charge in [0.1, 0.15) is 5.60 Å². The van der Waals surface area contributed by atoms with E-state index in [4.69, 9.17) is 4.74 Å². The lowest BCUT2D eigenvalue weighted by molar-refractivity contribution is -0.150. The maximum Gasteiger partial charge on any atom is 0.330 e. The molecule has 0 N–H and O–H groups in total. The molecule has 0 saturated carbocycles. The van der Waals surface area contributed by atoms with Crippen molar-refractivity contribution in [3.63, 3.8) is 0 Å². The molecule has 0 aliphatic heterocycles. The Morgan fingerprint density at radius 2 is 2.00 bits per heavy atom. The largest absolute Gasteiger partial charge is 0.457 e. The first kappa shape index (κ1) is 14.2. The minimum atomic E-state index is -0.363. The summed E-state index contributed by atoms with van der Waals surface area (Å²) in [5.74, 6) is -0.258. The molecule has 0 saturated heterocycles. The van der Waals surface area contributed by atoms with E-state index in [2.05, 4.69) is 11.8 Å². The summed E-state index contributed by atoms with van der Waals surface area (Å²) in [7, 11) is 2.01. The number of rotatable bonds is 6. The maximum atomic E-state index is 11.4. The highest BCUT2D eigenvalue weighted by molar-refractivity contribution is 5.82. The summed E-state index contributed by atoms with van der Waals surface area (Å²) in [4.78, 5) is 13.5. The second-order valence-electron chi connectivity index (χ2n) is 4.29. The molecule has 0 fully saturated rings. The predicted octanol–water partition coefficient (Wildman–Crippen LogP) is 2.23. The lowest BCUT2D eigenvalue weighted by atomic mass is 10.1. The summed E-state index contributed by atoms with van der Waals surface area (Å²) in [5, 5.41) is 0. The van der Waals surface area contributed by atoms with E-state index >= 15 is 0 Å². The third-order valence-corrected chi connectivity index (χ3v) is 2.44. The minimum absolute atomic E-state index is 0.258. The molecular weight excluding hydrogens is 190 g/mol. The molecule has 0 unspecified atom stereocenters. The highest BCUT2D eigenvalue weighted by Gasteiger charge is 2.18. The fourth-order valence-corrected chi connectivity index (χ4v) is 0.836. The van der Waals surface area contributed by atoms with Crippen LogP contribution in [-0.4, -0.2) is 36.6 Å². The van der Waals surface area contributed by atoms with Gasteiger partial charge in [0, 0.05) is 12.6 Å². The zero-order chi connectivity index (χ0) is 11.9. The van der Waals surface area contributed by atoms with Gasteiger partial charge in [-0.25, -0.2) is 4.79 Å². The van der Waals surface area contributed by atoms with Gasteiger partial charge < -0.3 is 9.64 Å². The van der Waals surface area contributed by atoms with Gasteiger partial charge in [0.05, 0.1) is 0 Å². The van der Waals surface area contributed by atoms with Crippen molar-refractivity contribution in [2.24, 2.45) is 0 Å². The summed E-state index contributed by atoms with van der Waals surface area (Å²) in [5.41, 5.74) is -0.363. The molecule has 0 aliphatic rings. The fourth-order valence-electron chi connectivity index (χ4n) is 0.836. The van der Waals surface area contributed by atoms with Gasteiger partial charge in [-0.05, 0) is 33.9 Å². The zero-order valence-electron chi connectivity index (χ0n) is 10.5. The Bertz CT molecular complexity index is 222. The van der Waals surface area contributed by atoms with Crippen LogP contribution in [0.2, 0.25) is 0 Å². The van der Waals surface area contributed by atoms with Crippen molar-refractivity contribution < 1.29 is 9.53 Å². The average Bonchev–Trinajstić information content (AvgIpc) is 2.16. The smallest absolute Gasteiger partial charge is 0.330 e. The molecular formula is C12H23NO2. The van der Waals surface area contributed by atoms with Crippen molar-refractivity contribution in [3.8, 4) is 0 Å². The van der Waals surface area contributed by atoms with Gasteiger partial charge in [-0.15, -0.1) is 0 Å². The normalized spacial score (nSPS) is 12.4. The molecule has 0 atom stereocenters. The van der Waals surface area contributed by atoms with Crippen molar-refractivity contribution in [3.05, 3.63) is 12.2 Å². The van der Waals surface area contributed by atoms with Gasteiger partial charge >= 0.3 is 5.97 Å². The quantitative estimate of drug-likeness (QED) is 0.500. The molecule has 0 radical (unpaired) electrons. The maximum absolute atomic E-state index is 11.4. The molecule has 88 valence electrons. The van der Waals surface area contributed by atoms with E-state index < -0.39 is 0 Å². The van der Waals surface area contributed by atoms with Gasteiger partial charge in [-0.2, -0.15) is 0 Å². The lowest BCUT2D eigenvalue weighted by Crippen LogP contribution is -2.26. The first-order valence-corrected chi connectivity index (χ1v) is 5.49. The third-order valence-electron chi connectivity index (χ3n) is 2.44. The molecule has 15 heavy (non-hydrogen) atoms. The van der Waals surface area contributed by atoms with E-state index in [1.807, 2.05) is 33.9 Å². The highest BCUT2D eigenvalue weighted by atomic mass is 16.6. The Morgan fingerprint density at radius 3 is 2.47 bits per heavy atom. The van der Waals surface area contributed by atoms with Crippen molar-refractivity contribution in [1.82, 2.24) is 4.90 Å². The summed E-state index contributed by atoms with van der Waals surface area (Å²) in [6.07, 6.45) is 4.16. The molecule has 3 heteroatoms. The van der Waals surface area contributed by atoms with Crippen LogP contribution >= 0.6 is 0 Å². The van der Waals surface area contributed by atoms with Crippen LogP contribution in [0.5, 0.6) is 0 Å². The second-order valence-corrected chi connectivity index (χ2v) is 4.29. The van der Waals surface area contributed by atoms with E-state index in [-0.39, 0.29) is 11.6 Å². The van der Waals surface area contributed by atoms with Gasteiger partial charge in [0.15, 0.2) is 0 Å². The Balaban J connectivity index is 3.93. The molecule has 0 aromatic heterocycles. The van der Waals surface area contributed by atoms with Gasteiger partial charge in [-0.1, -0.05) is 19.9 Å². The minimum Gasteiger partial charge on any atom is -0.457 e. The predicted molar refractivity (Wildman–Crippen MR) is 62.8 cm³/mol. The van der Waals surface area contributed by atoms with Gasteiger partial charge in [0.25, 0.3) is 0 Å². The highest BCUT2D eigenvalue weighted by Crippen LogP contribution is 2.13. The second kappa shape index (κ2) is 6.62. The number of likely N-dealkylation sites (N-methyl/N-ethyl adjacent to an activating group) is 1. The summed E-state index contributed by atoms with van der Waals surface area (Å²) >= 11 is 0. The number of hydrogen-bond acceptors (Lipinski definition) is 3. The Kier molecular flexibility index (Phi) is 6.25. The van der Waals surface area contributed by atoms with Crippen LogP contribution in [-0.2, 0) is 9.53 Å². The van der Waals surface area contributed by atoms with E-state index in [1.165, 1.54) is 6.08 Å². The third kappa shape index (κ3) is 7.14. The molecule has 0 spiro atoms. The van der Waals surface area contributed by atoms with Crippen LogP contribution in [0.15, 0.2) is 12.2 Å². The van der Waals surface area contributed by atoms with Crippen molar-refractivity contribution >= 4 is 5.97 Å². The number of ether oxygens (including phenoxy) is 1. The Morgan fingerprint density at radius 1 is 1.40 bits per heavy atom. The molecule has 3 nitrogen and oxygen atoms in total. The van der Waals surface area contributed by atoms with Crippen molar-refractivity contribution in [1.29, 1.82) is 0 Å². The lowest BCUT2D eigenvalue weighted by Gasteiger charge is -2.22.